The van der Waals surface area contributed by atoms with Crippen molar-refractivity contribution in [2.75, 3.05) is 5.75 Å². The highest BCUT2D eigenvalue weighted by atomic mass is 32.2. The minimum absolute atomic E-state index is 0.0317. The van der Waals surface area contributed by atoms with Crippen LogP contribution in [0, 0.1) is 0 Å². The van der Waals surface area contributed by atoms with Gasteiger partial charge in [-0.25, -0.2) is 4.79 Å². The fraction of sp³-hybridized carbons (Fsp3) is 0.769. The van der Waals surface area contributed by atoms with Gasteiger partial charge in [0.1, 0.15) is 6.04 Å². The van der Waals surface area contributed by atoms with Crippen molar-refractivity contribution in [1.82, 2.24) is 4.90 Å². The van der Waals surface area contributed by atoms with E-state index < -0.39 is 16.8 Å². The van der Waals surface area contributed by atoms with Gasteiger partial charge in [0.25, 0.3) is 0 Å². The molecule has 5 nitrogen and oxygen atoms in total. The number of carbonyl (C=O) groups excluding carboxylic acids is 2. The molecule has 2 atom stereocenters. The van der Waals surface area contributed by atoms with Crippen molar-refractivity contribution in [3.63, 3.8) is 0 Å². The van der Waals surface area contributed by atoms with Gasteiger partial charge in [-0.05, 0) is 20.3 Å². The van der Waals surface area contributed by atoms with Gasteiger partial charge < -0.3 is 10.0 Å². The average molecular weight is 319 g/mol. The molecule has 0 aromatic rings. The second kappa shape index (κ2) is 6.85. The second-order valence-electron chi connectivity index (χ2n) is 5.22. The lowest BCUT2D eigenvalue weighted by atomic mass is 10.0. The fourth-order valence-electron chi connectivity index (χ4n) is 2.39. The van der Waals surface area contributed by atoms with Crippen molar-refractivity contribution in [2.45, 2.75) is 56.7 Å². The highest BCUT2D eigenvalue weighted by molar-refractivity contribution is 8.13. The predicted molar refractivity (Wildman–Crippen MR) is 81.8 cm³/mol. The van der Waals surface area contributed by atoms with Gasteiger partial charge in [-0.2, -0.15) is 0 Å². The smallest absolute Gasteiger partial charge is 0.327 e. The van der Waals surface area contributed by atoms with Gasteiger partial charge in [-0.3, -0.25) is 9.59 Å². The molecule has 1 saturated heterocycles. The second-order valence-corrected chi connectivity index (χ2v) is 8.32. The maximum atomic E-state index is 12.3. The molecular weight excluding hydrogens is 298 g/mol. The van der Waals surface area contributed by atoms with Crippen LogP contribution < -0.4 is 0 Å². The van der Waals surface area contributed by atoms with E-state index in [9.17, 15) is 19.5 Å². The quantitative estimate of drug-likeness (QED) is 0.837. The minimum Gasteiger partial charge on any atom is -0.480 e. The molecule has 2 unspecified atom stereocenters. The third-order valence-corrected chi connectivity index (χ3v) is 5.66. The SMILES string of the molecule is CCC1SC(C)(C)C(C(=O)O)N1C(=O)CCSC(C)=O. The fourth-order valence-corrected chi connectivity index (χ4v) is 4.51. The van der Waals surface area contributed by atoms with Crippen molar-refractivity contribution in [1.29, 1.82) is 0 Å². The summed E-state index contributed by atoms with van der Waals surface area (Å²) >= 11 is 2.63. The van der Waals surface area contributed by atoms with Crippen molar-refractivity contribution in [3.8, 4) is 0 Å². The number of hydrogen-bond acceptors (Lipinski definition) is 5. The van der Waals surface area contributed by atoms with Crippen LogP contribution in [-0.2, 0) is 14.4 Å². The van der Waals surface area contributed by atoms with Crippen molar-refractivity contribution in [3.05, 3.63) is 0 Å². The number of carboxylic acid groups (broad SMARTS) is 1. The summed E-state index contributed by atoms with van der Waals surface area (Å²) in [6.45, 7) is 7.12. The number of aliphatic carboxylic acids is 1. The number of carbonyl (C=O) groups is 3. The molecule has 1 fully saturated rings. The first-order valence-corrected chi connectivity index (χ1v) is 8.42. The van der Waals surface area contributed by atoms with Gasteiger partial charge in [-0.15, -0.1) is 11.8 Å². The van der Waals surface area contributed by atoms with Crippen LogP contribution in [0.2, 0.25) is 0 Å². The molecule has 0 radical (unpaired) electrons. The van der Waals surface area contributed by atoms with Crippen LogP contribution in [-0.4, -0.2) is 48.9 Å². The first-order valence-electron chi connectivity index (χ1n) is 6.55. The summed E-state index contributed by atoms with van der Waals surface area (Å²) in [5.41, 5.74) is 0. The summed E-state index contributed by atoms with van der Waals surface area (Å²) < 4.78 is -0.504. The molecule has 0 aliphatic carbocycles. The van der Waals surface area contributed by atoms with Gasteiger partial charge in [-0.1, -0.05) is 18.7 Å². The van der Waals surface area contributed by atoms with Crippen molar-refractivity contribution >= 4 is 40.5 Å². The molecule has 1 rings (SSSR count). The third-order valence-electron chi connectivity index (χ3n) is 3.18. The van der Waals surface area contributed by atoms with Gasteiger partial charge in [0.2, 0.25) is 5.91 Å². The van der Waals surface area contributed by atoms with Crippen molar-refractivity contribution in [2.24, 2.45) is 0 Å². The molecule has 0 bridgehead atoms. The lowest BCUT2D eigenvalue weighted by Gasteiger charge is -2.29. The van der Waals surface area contributed by atoms with Crippen LogP contribution in [0.5, 0.6) is 0 Å². The van der Waals surface area contributed by atoms with Crippen molar-refractivity contribution < 1.29 is 19.5 Å². The number of amides is 1. The van der Waals surface area contributed by atoms with Crippen LogP contribution in [0.1, 0.15) is 40.5 Å². The molecule has 0 aromatic carbocycles. The Morgan fingerprint density at radius 2 is 1.95 bits per heavy atom. The number of thioether (sulfide) groups is 2. The zero-order valence-corrected chi connectivity index (χ0v) is 13.8. The van der Waals surface area contributed by atoms with E-state index >= 15 is 0 Å². The summed E-state index contributed by atoms with van der Waals surface area (Å²) in [5, 5.41) is 9.29. The van der Waals surface area contributed by atoms with E-state index in [0.717, 1.165) is 11.8 Å². The summed E-state index contributed by atoms with van der Waals surface area (Å²) in [6, 6.07) is -0.813. The number of rotatable bonds is 5. The molecule has 7 heteroatoms. The molecule has 1 amide bonds. The lowest BCUT2D eigenvalue weighted by Crippen LogP contribution is -2.50. The Morgan fingerprint density at radius 1 is 1.35 bits per heavy atom. The van der Waals surface area contributed by atoms with Crippen LogP contribution in [0.15, 0.2) is 0 Å². The monoisotopic (exact) mass is 319 g/mol. The molecule has 1 N–H and O–H groups in total. The van der Waals surface area contributed by atoms with Crippen LogP contribution >= 0.6 is 23.5 Å². The zero-order chi connectivity index (χ0) is 15.5. The Morgan fingerprint density at radius 3 is 2.40 bits per heavy atom. The Bertz CT molecular complexity index is 411. The number of hydrogen-bond donors (Lipinski definition) is 1. The minimum atomic E-state index is -0.967. The molecule has 0 aromatic heterocycles. The largest absolute Gasteiger partial charge is 0.480 e. The van der Waals surface area contributed by atoms with Crippen LogP contribution in [0.4, 0.5) is 0 Å². The van der Waals surface area contributed by atoms with E-state index in [1.165, 1.54) is 23.6 Å². The maximum absolute atomic E-state index is 12.3. The van der Waals surface area contributed by atoms with Gasteiger partial charge >= 0.3 is 5.97 Å². The van der Waals surface area contributed by atoms with E-state index in [1.807, 2.05) is 20.8 Å². The Labute approximate surface area is 127 Å². The maximum Gasteiger partial charge on any atom is 0.327 e. The average Bonchev–Trinajstić information content (AvgIpc) is 2.59. The standard InChI is InChI=1S/C13H21NO4S2/c1-5-10-14(9(16)6-7-19-8(2)15)11(12(17)18)13(3,4)20-10/h10-11H,5-7H2,1-4H3,(H,17,18). The molecule has 0 spiro atoms. The normalized spacial score (nSPS) is 24.7. The van der Waals surface area contributed by atoms with E-state index in [1.54, 1.807) is 0 Å². The van der Waals surface area contributed by atoms with Gasteiger partial charge in [0.05, 0.1) is 5.37 Å². The van der Waals surface area contributed by atoms with E-state index in [2.05, 4.69) is 0 Å². The van der Waals surface area contributed by atoms with Gasteiger partial charge in [0.15, 0.2) is 5.12 Å². The number of nitrogens with zero attached hydrogens (tertiary/aromatic N) is 1. The van der Waals surface area contributed by atoms with Crippen LogP contribution in [0.3, 0.4) is 0 Å². The highest BCUT2D eigenvalue weighted by Crippen LogP contribution is 2.45. The summed E-state index contributed by atoms with van der Waals surface area (Å²) in [4.78, 5) is 36.2. The van der Waals surface area contributed by atoms with E-state index in [4.69, 9.17) is 0 Å². The topological polar surface area (TPSA) is 74.7 Å². The van der Waals surface area contributed by atoms with Gasteiger partial charge in [0, 0.05) is 23.8 Å². The molecule has 20 heavy (non-hydrogen) atoms. The summed E-state index contributed by atoms with van der Waals surface area (Å²) in [5.74, 6) is -0.750. The molecule has 1 heterocycles. The third kappa shape index (κ3) is 3.91. The Kier molecular flexibility index (Phi) is 5.94. The zero-order valence-electron chi connectivity index (χ0n) is 12.2. The Balaban J connectivity index is 2.84. The molecular formula is C13H21NO4S2. The highest BCUT2D eigenvalue weighted by Gasteiger charge is 2.52. The summed E-state index contributed by atoms with van der Waals surface area (Å²) in [7, 11) is 0. The van der Waals surface area contributed by atoms with Crippen LogP contribution in [0.25, 0.3) is 0 Å². The predicted octanol–water partition coefficient (Wildman–Crippen LogP) is 2.20. The molecule has 1 aliphatic rings. The lowest BCUT2D eigenvalue weighted by molar-refractivity contribution is -0.150. The Hall–Kier alpha value is -0.690. The molecule has 0 saturated carbocycles. The van der Waals surface area contributed by atoms with E-state index in [-0.39, 0.29) is 22.8 Å². The number of carboxylic acids is 1. The summed E-state index contributed by atoms with van der Waals surface area (Å²) in [6.07, 6.45) is 0.907. The molecule has 1 aliphatic heterocycles. The molecule has 114 valence electrons. The van der Waals surface area contributed by atoms with E-state index in [0.29, 0.717) is 12.2 Å². The first-order chi connectivity index (χ1) is 9.20. The first kappa shape index (κ1) is 17.4.